The third kappa shape index (κ3) is 5.51. The number of para-hydroxylation sites is 1. The van der Waals surface area contributed by atoms with Crippen LogP contribution in [0.3, 0.4) is 0 Å². The molecule has 5 nitrogen and oxygen atoms in total. The zero-order valence-electron chi connectivity index (χ0n) is 19.6. The highest BCUT2D eigenvalue weighted by molar-refractivity contribution is 5.78. The van der Waals surface area contributed by atoms with Gasteiger partial charge in [-0.1, -0.05) is 48.5 Å². The molecule has 5 heteroatoms. The minimum absolute atomic E-state index is 0.0280. The molecule has 0 saturated carbocycles. The molecule has 0 aromatic heterocycles. The highest BCUT2D eigenvalue weighted by Gasteiger charge is 2.41. The Morgan fingerprint density at radius 1 is 1.12 bits per heavy atom. The Labute approximate surface area is 192 Å². The summed E-state index contributed by atoms with van der Waals surface area (Å²) in [5.41, 5.74) is 2.35. The van der Waals surface area contributed by atoms with Gasteiger partial charge in [-0.3, -0.25) is 9.69 Å². The van der Waals surface area contributed by atoms with E-state index in [1.54, 1.807) is 0 Å². The number of fused-ring (bicyclic) bond motifs is 1. The van der Waals surface area contributed by atoms with Crippen molar-refractivity contribution in [2.75, 3.05) is 26.2 Å². The fourth-order valence-electron chi connectivity index (χ4n) is 5.37. The molecule has 0 radical (unpaired) electrons. The number of rotatable bonds is 6. The number of hydrogen-bond acceptors (Lipinski definition) is 4. The van der Waals surface area contributed by atoms with Crippen LogP contribution in [0.2, 0.25) is 0 Å². The highest BCUT2D eigenvalue weighted by atomic mass is 16.5. The number of ether oxygens (including phenoxy) is 2. The summed E-state index contributed by atoms with van der Waals surface area (Å²) in [6, 6.07) is 18.8. The molecule has 172 valence electrons. The molecule has 0 spiro atoms. The van der Waals surface area contributed by atoms with Gasteiger partial charge < -0.3 is 14.8 Å². The Hall–Kier alpha value is -2.37. The first kappa shape index (κ1) is 22.8. The summed E-state index contributed by atoms with van der Waals surface area (Å²) in [7, 11) is 0. The molecule has 2 aliphatic rings. The van der Waals surface area contributed by atoms with Crippen LogP contribution in [-0.2, 0) is 21.5 Å². The van der Waals surface area contributed by atoms with Gasteiger partial charge in [-0.15, -0.1) is 0 Å². The molecule has 1 fully saturated rings. The summed E-state index contributed by atoms with van der Waals surface area (Å²) < 4.78 is 12.0. The molecule has 0 bridgehead atoms. The second-order valence-corrected chi connectivity index (χ2v) is 9.99. The van der Waals surface area contributed by atoms with E-state index in [0.717, 1.165) is 50.3 Å². The summed E-state index contributed by atoms with van der Waals surface area (Å²) in [5, 5.41) is 3.20. The third-order valence-electron chi connectivity index (χ3n) is 6.73. The summed E-state index contributed by atoms with van der Waals surface area (Å²) >= 11 is 0. The molecule has 4 rings (SSSR count). The fraction of sp³-hybridized carbons (Fsp3) is 0.519. The lowest BCUT2D eigenvalue weighted by atomic mass is 9.67. The maximum absolute atomic E-state index is 12.8. The average molecular weight is 437 g/mol. The SMILES string of the molecule is CC1CN(CC(=O)NCCC2(c3ccccc3)CCOC(C)(C)C2)Cc2ccccc2O1. The van der Waals surface area contributed by atoms with E-state index in [1.165, 1.54) is 5.56 Å². The van der Waals surface area contributed by atoms with Gasteiger partial charge in [0.1, 0.15) is 11.9 Å². The summed E-state index contributed by atoms with van der Waals surface area (Å²) in [4.78, 5) is 15.0. The zero-order valence-corrected chi connectivity index (χ0v) is 19.6. The Morgan fingerprint density at radius 2 is 1.88 bits per heavy atom. The van der Waals surface area contributed by atoms with Crippen molar-refractivity contribution in [3.63, 3.8) is 0 Å². The molecular formula is C27H36N2O3. The van der Waals surface area contributed by atoms with Gasteiger partial charge >= 0.3 is 0 Å². The molecule has 2 aromatic carbocycles. The molecule has 2 heterocycles. The second kappa shape index (κ2) is 9.63. The Balaban J connectivity index is 1.37. The van der Waals surface area contributed by atoms with Crippen LogP contribution >= 0.6 is 0 Å². The lowest BCUT2D eigenvalue weighted by Crippen LogP contribution is -2.46. The maximum Gasteiger partial charge on any atom is 0.234 e. The fourth-order valence-corrected chi connectivity index (χ4v) is 5.37. The van der Waals surface area contributed by atoms with Crippen LogP contribution in [0.4, 0.5) is 0 Å². The first-order valence-electron chi connectivity index (χ1n) is 11.8. The van der Waals surface area contributed by atoms with Crippen molar-refractivity contribution >= 4 is 5.91 Å². The molecule has 2 aromatic rings. The van der Waals surface area contributed by atoms with Gasteiger partial charge in [0.25, 0.3) is 0 Å². The molecule has 0 aliphatic carbocycles. The largest absolute Gasteiger partial charge is 0.489 e. The molecule has 2 atom stereocenters. The third-order valence-corrected chi connectivity index (χ3v) is 6.73. The van der Waals surface area contributed by atoms with Crippen molar-refractivity contribution < 1.29 is 14.3 Å². The van der Waals surface area contributed by atoms with Crippen molar-refractivity contribution in [3.8, 4) is 5.75 Å². The average Bonchev–Trinajstić information content (AvgIpc) is 2.90. The van der Waals surface area contributed by atoms with E-state index in [4.69, 9.17) is 9.47 Å². The van der Waals surface area contributed by atoms with Crippen LogP contribution in [-0.4, -0.2) is 48.8 Å². The topological polar surface area (TPSA) is 50.8 Å². The monoisotopic (exact) mass is 436 g/mol. The molecule has 32 heavy (non-hydrogen) atoms. The van der Waals surface area contributed by atoms with Gasteiger partial charge in [0, 0.05) is 37.2 Å². The minimum Gasteiger partial charge on any atom is -0.489 e. The number of carbonyl (C=O) groups excluding carboxylic acids is 1. The first-order valence-corrected chi connectivity index (χ1v) is 11.8. The van der Waals surface area contributed by atoms with Gasteiger partial charge in [0.2, 0.25) is 5.91 Å². The molecule has 1 saturated heterocycles. The standard InChI is InChI=1S/C27H36N2O3/c1-21-17-29(18-22-9-7-8-12-24(22)32-21)19-25(30)28-15-13-27(23-10-5-4-6-11-23)14-16-31-26(2,3)20-27/h4-12,21H,13-20H2,1-3H3,(H,28,30). The lowest BCUT2D eigenvalue weighted by Gasteiger charge is -2.45. The maximum atomic E-state index is 12.8. The van der Waals surface area contributed by atoms with Crippen LogP contribution in [0, 0.1) is 0 Å². The number of benzene rings is 2. The van der Waals surface area contributed by atoms with Crippen LogP contribution in [0.25, 0.3) is 0 Å². The summed E-state index contributed by atoms with van der Waals surface area (Å²) in [6.07, 6.45) is 2.90. The Bertz CT molecular complexity index is 914. The van der Waals surface area contributed by atoms with Gasteiger partial charge in [-0.2, -0.15) is 0 Å². The van der Waals surface area contributed by atoms with E-state index in [-0.39, 0.29) is 23.0 Å². The lowest BCUT2D eigenvalue weighted by molar-refractivity contribution is -0.122. The molecule has 1 N–H and O–H groups in total. The number of nitrogens with zero attached hydrogens (tertiary/aromatic N) is 1. The van der Waals surface area contributed by atoms with E-state index in [1.807, 2.05) is 18.2 Å². The number of amides is 1. The smallest absolute Gasteiger partial charge is 0.234 e. The molecule has 2 aliphatic heterocycles. The highest BCUT2D eigenvalue weighted by Crippen LogP contribution is 2.43. The summed E-state index contributed by atoms with van der Waals surface area (Å²) in [5.74, 6) is 1.00. The predicted octanol–water partition coefficient (Wildman–Crippen LogP) is 4.30. The van der Waals surface area contributed by atoms with E-state index in [2.05, 4.69) is 67.4 Å². The van der Waals surface area contributed by atoms with Crippen LogP contribution < -0.4 is 10.1 Å². The van der Waals surface area contributed by atoms with Crippen LogP contribution in [0.5, 0.6) is 5.75 Å². The second-order valence-electron chi connectivity index (χ2n) is 9.99. The van der Waals surface area contributed by atoms with Gasteiger partial charge in [-0.25, -0.2) is 0 Å². The summed E-state index contributed by atoms with van der Waals surface area (Å²) in [6.45, 7) is 9.67. The van der Waals surface area contributed by atoms with Crippen molar-refractivity contribution in [1.82, 2.24) is 10.2 Å². The Kier molecular flexibility index (Phi) is 6.87. The van der Waals surface area contributed by atoms with Crippen LogP contribution in [0.15, 0.2) is 54.6 Å². The van der Waals surface area contributed by atoms with Crippen molar-refractivity contribution in [2.24, 2.45) is 0 Å². The number of hydrogen-bond donors (Lipinski definition) is 1. The van der Waals surface area contributed by atoms with Gasteiger partial charge in [0.15, 0.2) is 0 Å². The normalized spacial score (nSPS) is 25.3. The van der Waals surface area contributed by atoms with Gasteiger partial charge in [0.05, 0.1) is 12.1 Å². The number of carbonyl (C=O) groups is 1. The van der Waals surface area contributed by atoms with Gasteiger partial charge in [-0.05, 0) is 51.7 Å². The zero-order chi connectivity index (χ0) is 22.6. The van der Waals surface area contributed by atoms with E-state index in [9.17, 15) is 4.79 Å². The molecule has 2 unspecified atom stereocenters. The molecule has 1 amide bonds. The van der Waals surface area contributed by atoms with Crippen molar-refractivity contribution in [3.05, 3.63) is 65.7 Å². The van der Waals surface area contributed by atoms with Crippen molar-refractivity contribution in [1.29, 1.82) is 0 Å². The van der Waals surface area contributed by atoms with E-state index < -0.39 is 0 Å². The van der Waals surface area contributed by atoms with E-state index in [0.29, 0.717) is 13.1 Å². The predicted molar refractivity (Wildman–Crippen MR) is 127 cm³/mol. The Morgan fingerprint density at radius 3 is 2.66 bits per heavy atom. The van der Waals surface area contributed by atoms with E-state index >= 15 is 0 Å². The molecular weight excluding hydrogens is 400 g/mol. The van der Waals surface area contributed by atoms with Crippen LogP contribution in [0.1, 0.15) is 51.2 Å². The van der Waals surface area contributed by atoms with Crippen molar-refractivity contribution in [2.45, 2.75) is 63.7 Å². The quantitative estimate of drug-likeness (QED) is 0.733. The minimum atomic E-state index is -0.159. The first-order chi connectivity index (χ1) is 15.4. The number of nitrogens with one attached hydrogen (secondary N) is 1.